The molecule has 0 aliphatic rings. The third-order valence-electron chi connectivity index (χ3n) is 2.01. The van der Waals surface area contributed by atoms with E-state index in [9.17, 15) is 4.79 Å². The van der Waals surface area contributed by atoms with E-state index >= 15 is 0 Å². The van der Waals surface area contributed by atoms with Crippen LogP contribution in [0.4, 0.5) is 0 Å². The lowest BCUT2D eigenvalue weighted by Crippen LogP contribution is -2.47. The van der Waals surface area contributed by atoms with Crippen LogP contribution in [0, 0.1) is 5.41 Å². The zero-order chi connectivity index (χ0) is 10.7. The van der Waals surface area contributed by atoms with Gasteiger partial charge in [0.2, 0.25) is 5.91 Å². The quantitative estimate of drug-likeness (QED) is 0.719. The van der Waals surface area contributed by atoms with Gasteiger partial charge < -0.3 is 5.32 Å². The van der Waals surface area contributed by atoms with Crippen LogP contribution in [0.5, 0.6) is 0 Å². The maximum atomic E-state index is 11.6. The summed E-state index contributed by atoms with van der Waals surface area (Å²) in [5.74, 6) is 0.131. The molecule has 2 nitrogen and oxygen atoms in total. The van der Waals surface area contributed by atoms with Gasteiger partial charge in [-0.15, -0.1) is 0 Å². The van der Waals surface area contributed by atoms with Crippen molar-refractivity contribution >= 4 is 5.91 Å². The maximum absolute atomic E-state index is 11.6. The van der Waals surface area contributed by atoms with Gasteiger partial charge in [0.15, 0.2) is 0 Å². The van der Waals surface area contributed by atoms with E-state index in [2.05, 4.69) is 26.1 Å². The molecule has 0 saturated carbocycles. The highest BCUT2D eigenvalue weighted by molar-refractivity contribution is 5.81. The van der Waals surface area contributed by atoms with Crippen molar-refractivity contribution in [2.75, 3.05) is 0 Å². The zero-order valence-electron chi connectivity index (χ0n) is 9.82. The average Bonchev–Trinajstić information content (AvgIpc) is 1.83. The molecule has 0 heterocycles. The van der Waals surface area contributed by atoms with Crippen LogP contribution in [0.3, 0.4) is 0 Å². The second-order valence-corrected chi connectivity index (χ2v) is 5.34. The first-order valence-electron chi connectivity index (χ1n) is 5.01. The monoisotopic (exact) mass is 185 g/mol. The minimum Gasteiger partial charge on any atom is -0.351 e. The summed E-state index contributed by atoms with van der Waals surface area (Å²) in [6.07, 6.45) is 2.12. The van der Waals surface area contributed by atoms with Crippen LogP contribution in [-0.4, -0.2) is 11.4 Å². The summed E-state index contributed by atoms with van der Waals surface area (Å²) in [5.41, 5.74) is -0.357. The molecule has 1 amide bonds. The largest absolute Gasteiger partial charge is 0.351 e. The Morgan fingerprint density at radius 1 is 1.15 bits per heavy atom. The number of rotatable bonds is 3. The molecule has 0 atom stereocenters. The highest BCUT2D eigenvalue weighted by Gasteiger charge is 2.27. The van der Waals surface area contributed by atoms with Gasteiger partial charge in [-0.3, -0.25) is 4.79 Å². The smallest absolute Gasteiger partial charge is 0.225 e. The Labute approximate surface area is 82.1 Å². The van der Waals surface area contributed by atoms with Crippen molar-refractivity contribution in [3.8, 4) is 0 Å². The third-order valence-corrected chi connectivity index (χ3v) is 2.01. The Morgan fingerprint density at radius 2 is 1.62 bits per heavy atom. The topological polar surface area (TPSA) is 29.1 Å². The molecule has 0 aromatic carbocycles. The van der Waals surface area contributed by atoms with E-state index in [1.807, 2.05) is 20.8 Å². The standard InChI is InChI=1S/C11H23NO/c1-7-8-11(5,6)12-9(13)10(2,3)4/h7-8H2,1-6H3,(H,12,13). The number of hydrogen-bond donors (Lipinski definition) is 1. The number of carbonyl (C=O) groups excluding carboxylic acids is 1. The lowest BCUT2D eigenvalue weighted by Gasteiger charge is -2.30. The van der Waals surface area contributed by atoms with Gasteiger partial charge in [0.05, 0.1) is 0 Å². The van der Waals surface area contributed by atoms with Crippen LogP contribution in [0.1, 0.15) is 54.4 Å². The molecule has 0 aromatic heterocycles. The van der Waals surface area contributed by atoms with Gasteiger partial charge in [0, 0.05) is 11.0 Å². The molecule has 13 heavy (non-hydrogen) atoms. The lowest BCUT2D eigenvalue weighted by atomic mass is 9.92. The average molecular weight is 185 g/mol. The van der Waals surface area contributed by atoms with E-state index in [0.29, 0.717) is 0 Å². The van der Waals surface area contributed by atoms with E-state index in [1.165, 1.54) is 0 Å². The first-order chi connectivity index (χ1) is 5.69. The predicted octanol–water partition coefficient (Wildman–Crippen LogP) is 2.73. The number of nitrogens with one attached hydrogen (secondary N) is 1. The minimum absolute atomic E-state index is 0.0703. The van der Waals surface area contributed by atoms with Gasteiger partial charge in [0.1, 0.15) is 0 Å². The molecule has 2 heteroatoms. The van der Waals surface area contributed by atoms with E-state index in [-0.39, 0.29) is 16.9 Å². The fourth-order valence-corrected chi connectivity index (χ4v) is 1.18. The van der Waals surface area contributed by atoms with E-state index in [0.717, 1.165) is 12.8 Å². The first kappa shape index (κ1) is 12.5. The van der Waals surface area contributed by atoms with Crippen LogP contribution in [-0.2, 0) is 4.79 Å². The van der Waals surface area contributed by atoms with Gasteiger partial charge in [-0.1, -0.05) is 34.1 Å². The number of amides is 1. The molecule has 0 spiro atoms. The normalized spacial score (nSPS) is 12.8. The van der Waals surface area contributed by atoms with E-state index < -0.39 is 0 Å². The molecule has 78 valence electrons. The van der Waals surface area contributed by atoms with Gasteiger partial charge in [0.25, 0.3) is 0 Å². The summed E-state index contributed by atoms with van der Waals surface area (Å²) in [5, 5.41) is 3.06. The van der Waals surface area contributed by atoms with Gasteiger partial charge >= 0.3 is 0 Å². The van der Waals surface area contributed by atoms with Crippen LogP contribution < -0.4 is 5.32 Å². The Hall–Kier alpha value is -0.530. The molecule has 0 aliphatic carbocycles. The molecule has 0 saturated heterocycles. The van der Waals surface area contributed by atoms with Crippen molar-refractivity contribution in [1.82, 2.24) is 5.32 Å². The highest BCUT2D eigenvalue weighted by Crippen LogP contribution is 2.17. The second-order valence-electron chi connectivity index (χ2n) is 5.34. The molecular weight excluding hydrogens is 162 g/mol. The SMILES string of the molecule is CCCC(C)(C)NC(=O)C(C)(C)C. The summed E-state index contributed by atoms with van der Waals surface area (Å²) in [7, 11) is 0. The van der Waals surface area contributed by atoms with E-state index in [1.54, 1.807) is 0 Å². The molecular formula is C11H23NO. The molecule has 0 fully saturated rings. The molecule has 0 bridgehead atoms. The van der Waals surface area contributed by atoms with Crippen molar-refractivity contribution in [1.29, 1.82) is 0 Å². The van der Waals surface area contributed by atoms with Crippen LogP contribution in [0.15, 0.2) is 0 Å². The van der Waals surface area contributed by atoms with Crippen LogP contribution in [0.2, 0.25) is 0 Å². The summed E-state index contributed by atoms with van der Waals surface area (Å²) < 4.78 is 0. The molecule has 0 rings (SSSR count). The Balaban J connectivity index is 4.20. The Morgan fingerprint density at radius 3 is 1.92 bits per heavy atom. The third kappa shape index (κ3) is 4.91. The summed E-state index contributed by atoms with van der Waals surface area (Å²) in [6, 6.07) is 0. The van der Waals surface area contributed by atoms with Crippen LogP contribution >= 0.6 is 0 Å². The first-order valence-corrected chi connectivity index (χ1v) is 5.01. The van der Waals surface area contributed by atoms with Crippen molar-refractivity contribution in [3.05, 3.63) is 0 Å². The summed E-state index contributed by atoms with van der Waals surface area (Å²) in [4.78, 5) is 11.6. The van der Waals surface area contributed by atoms with Crippen LogP contribution in [0.25, 0.3) is 0 Å². The molecule has 0 unspecified atom stereocenters. The molecule has 0 radical (unpaired) electrons. The number of carbonyl (C=O) groups is 1. The maximum Gasteiger partial charge on any atom is 0.225 e. The molecule has 1 N–H and O–H groups in total. The lowest BCUT2D eigenvalue weighted by molar-refractivity contribution is -0.130. The van der Waals surface area contributed by atoms with E-state index in [4.69, 9.17) is 0 Å². The van der Waals surface area contributed by atoms with Crippen molar-refractivity contribution in [2.45, 2.75) is 59.9 Å². The van der Waals surface area contributed by atoms with Gasteiger partial charge in [-0.2, -0.15) is 0 Å². The van der Waals surface area contributed by atoms with Crippen molar-refractivity contribution < 1.29 is 4.79 Å². The van der Waals surface area contributed by atoms with Crippen molar-refractivity contribution in [3.63, 3.8) is 0 Å². The van der Waals surface area contributed by atoms with Gasteiger partial charge in [-0.05, 0) is 20.3 Å². The highest BCUT2D eigenvalue weighted by atomic mass is 16.2. The number of hydrogen-bond acceptors (Lipinski definition) is 1. The Bertz CT molecular complexity index is 177. The molecule has 0 aromatic rings. The minimum atomic E-state index is -0.287. The Kier molecular flexibility index (Phi) is 3.95. The van der Waals surface area contributed by atoms with Gasteiger partial charge in [-0.25, -0.2) is 0 Å². The fourth-order valence-electron chi connectivity index (χ4n) is 1.18. The van der Waals surface area contributed by atoms with Crippen molar-refractivity contribution in [2.24, 2.45) is 5.41 Å². The predicted molar refractivity (Wildman–Crippen MR) is 56.6 cm³/mol. The summed E-state index contributed by atoms with van der Waals surface area (Å²) >= 11 is 0. The summed E-state index contributed by atoms with van der Waals surface area (Å²) in [6.45, 7) is 12.1. The molecule has 0 aliphatic heterocycles. The fraction of sp³-hybridized carbons (Fsp3) is 0.909. The zero-order valence-corrected chi connectivity index (χ0v) is 9.82. The second kappa shape index (κ2) is 4.12.